The predicted molar refractivity (Wildman–Crippen MR) is 49.0 cm³/mol. The smallest absolute Gasteiger partial charge is 0.726 e. The Morgan fingerprint density at radius 2 is 1.93 bits per heavy atom. The largest absolute Gasteiger partial charge is 1.00 e. The van der Waals surface area contributed by atoms with Gasteiger partial charge >= 0.3 is 29.6 Å². The minimum atomic E-state index is -4.50. The molecule has 0 rings (SSSR count). The monoisotopic (exact) mass is 232 g/mol. The molecule has 0 aromatic heterocycles. The van der Waals surface area contributed by atoms with Gasteiger partial charge in [-0.25, -0.2) is 8.42 Å². The van der Waals surface area contributed by atoms with Crippen molar-refractivity contribution in [1.82, 2.24) is 0 Å². The van der Waals surface area contributed by atoms with Crippen molar-refractivity contribution >= 4 is 10.4 Å². The Labute approximate surface area is 109 Å². The van der Waals surface area contributed by atoms with E-state index in [0.717, 1.165) is 25.7 Å². The predicted octanol–water partition coefficient (Wildman–Crippen LogP) is -1.32. The van der Waals surface area contributed by atoms with Crippen LogP contribution in [-0.2, 0) is 14.6 Å². The molecule has 0 fully saturated rings. The zero-order chi connectivity index (χ0) is 10.3. The molecule has 0 aliphatic heterocycles. The molecule has 14 heavy (non-hydrogen) atoms. The van der Waals surface area contributed by atoms with Crippen molar-refractivity contribution in [2.24, 2.45) is 5.92 Å². The number of rotatable bonds is 7. The Morgan fingerprint density at radius 1 is 1.36 bits per heavy atom. The number of hydrogen-bond acceptors (Lipinski definition) is 4. The minimum Gasteiger partial charge on any atom is -0.726 e. The second kappa shape index (κ2) is 9.12. The van der Waals surface area contributed by atoms with Crippen LogP contribution in [0.25, 0.3) is 0 Å². The first kappa shape index (κ1) is 17.3. The summed E-state index contributed by atoms with van der Waals surface area (Å²) in [6.07, 6.45) is 3.87. The molecule has 4 nitrogen and oxygen atoms in total. The van der Waals surface area contributed by atoms with Crippen molar-refractivity contribution in [2.75, 3.05) is 6.61 Å². The van der Waals surface area contributed by atoms with Gasteiger partial charge in [0.15, 0.2) is 0 Å². The van der Waals surface area contributed by atoms with E-state index in [0.29, 0.717) is 0 Å². The molecular formula is C8H17NaO4S. The molecule has 0 N–H and O–H groups in total. The fourth-order valence-corrected chi connectivity index (χ4v) is 1.44. The van der Waals surface area contributed by atoms with Crippen LogP contribution in [-0.4, -0.2) is 19.6 Å². The third-order valence-electron chi connectivity index (χ3n) is 1.99. The van der Waals surface area contributed by atoms with Gasteiger partial charge in [-0.1, -0.05) is 33.1 Å². The van der Waals surface area contributed by atoms with Gasteiger partial charge in [0.25, 0.3) is 0 Å². The first-order chi connectivity index (χ1) is 5.99. The fourth-order valence-electron chi connectivity index (χ4n) is 1.08. The molecule has 0 saturated heterocycles. The van der Waals surface area contributed by atoms with Gasteiger partial charge in [-0.05, 0) is 12.3 Å². The molecule has 0 aromatic rings. The van der Waals surface area contributed by atoms with E-state index in [9.17, 15) is 13.0 Å². The summed E-state index contributed by atoms with van der Waals surface area (Å²) >= 11 is 0. The number of hydrogen-bond donors (Lipinski definition) is 0. The molecule has 0 radical (unpaired) electrons. The molecular weight excluding hydrogens is 215 g/mol. The van der Waals surface area contributed by atoms with E-state index in [-0.39, 0.29) is 42.1 Å². The van der Waals surface area contributed by atoms with Crippen LogP contribution in [0.5, 0.6) is 0 Å². The Kier molecular flexibility index (Phi) is 11.3. The van der Waals surface area contributed by atoms with Crippen LogP contribution in [0, 0.1) is 5.92 Å². The van der Waals surface area contributed by atoms with E-state index in [1.54, 1.807) is 0 Å². The Hall–Kier alpha value is 0.870. The van der Waals surface area contributed by atoms with E-state index in [4.69, 9.17) is 0 Å². The molecule has 0 bridgehead atoms. The minimum absolute atomic E-state index is 0. The van der Waals surface area contributed by atoms with Crippen LogP contribution >= 0.6 is 0 Å². The molecule has 0 heterocycles. The van der Waals surface area contributed by atoms with Crippen LogP contribution in [0.3, 0.4) is 0 Å². The normalized spacial score (nSPS) is 13.4. The third kappa shape index (κ3) is 10.9. The van der Waals surface area contributed by atoms with Crippen molar-refractivity contribution in [3.8, 4) is 0 Å². The summed E-state index contributed by atoms with van der Waals surface area (Å²) in [5.74, 6) is 0.184. The molecule has 6 heteroatoms. The molecule has 0 saturated carbocycles. The molecule has 80 valence electrons. The van der Waals surface area contributed by atoms with Crippen molar-refractivity contribution < 1.29 is 46.7 Å². The van der Waals surface area contributed by atoms with Crippen molar-refractivity contribution in [3.63, 3.8) is 0 Å². The first-order valence-corrected chi connectivity index (χ1v) is 5.93. The maximum atomic E-state index is 10.1. The Balaban J connectivity index is 0. The average molecular weight is 232 g/mol. The van der Waals surface area contributed by atoms with E-state index < -0.39 is 10.4 Å². The van der Waals surface area contributed by atoms with Crippen LogP contribution < -0.4 is 29.6 Å². The van der Waals surface area contributed by atoms with E-state index in [2.05, 4.69) is 11.1 Å². The van der Waals surface area contributed by atoms with Gasteiger partial charge in [-0.15, -0.1) is 0 Å². The standard InChI is InChI=1S/C8H18O4S.Na/c1-3-5-6-8(4-2)7-12-13(9,10)11;/h8H,3-7H2,1-2H3,(H,9,10,11);/q;+1/p-1. The molecule has 0 amide bonds. The summed E-state index contributed by atoms with van der Waals surface area (Å²) in [5, 5.41) is 0. The van der Waals surface area contributed by atoms with Gasteiger partial charge in [-0.3, -0.25) is 4.18 Å². The van der Waals surface area contributed by atoms with Crippen molar-refractivity contribution in [1.29, 1.82) is 0 Å². The third-order valence-corrected chi connectivity index (χ3v) is 2.42. The van der Waals surface area contributed by atoms with Gasteiger partial charge in [0.2, 0.25) is 10.4 Å². The molecule has 1 atom stereocenters. The maximum absolute atomic E-state index is 10.1. The van der Waals surface area contributed by atoms with Crippen LogP contribution in [0.15, 0.2) is 0 Å². The van der Waals surface area contributed by atoms with Crippen LogP contribution in [0.1, 0.15) is 39.5 Å². The molecule has 0 aliphatic carbocycles. The van der Waals surface area contributed by atoms with E-state index in [1.165, 1.54) is 0 Å². The maximum Gasteiger partial charge on any atom is 1.00 e. The summed E-state index contributed by atoms with van der Waals surface area (Å²) < 4.78 is 34.6. The van der Waals surface area contributed by atoms with Gasteiger partial charge < -0.3 is 4.55 Å². The van der Waals surface area contributed by atoms with Gasteiger partial charge in [-0.2, -0.15) is 0 Å². The quantitative estimate of drug-likeness (QED) is 0.310. The molecule has 1 unspecified atom stereocenters. The SMILES string of the molecule is CCCCC(CC)COS(=O)(=O)[O-].[Na+]. The second-order valence-electron chi connectivity index (χ2n) is 3.11. The summed E-state index contributed by atoms with van der Waals surface area (Å²) in [7, 11) is -4.50. The summed E-state index contributed by atoms with van der Waals surface area (Å²) in [6, 6.07) is 0. The molecule has 0 aliphatic rings. The zero-order valence-electron chi connectivity index (χ0n) is 9.15. The second-order valence-corrected chi connectivity index (χ2v) is 4.16. The summed E-state index contributed by atoms with van der Waals surface area (Å²) in [4.78, 5) is 0. The Morgan fingerprint density at radius 3 is 2.29 bits per heavy atom. The summed E-state index contributed by atoms with van der Waals surface area (Å²) in [6.45, 7) is 4.06. The zero-order valence-corrected chi connectivity index (χ0v) is 12.0. The fraction of sp³-hybridized carbons (Fsp3) is 1.00. The van der Waals surface area contributed by atoms with E-state index in [1.807, 2.05) is 6.92 Å². The summed E-state index contributed by atoms with van der Waals surface area (Å²) in [5.41, 5.74) is 0. The van der Waals surface area contributed by atoms with Gasteiger partial charge in [0.05, 0.1) is 6.61 Å². The Bertz CT molecular complexity index is 215. The first-order valence-electron chi connectivity index (χ1n) is 4.59. The van der Waals surface area contributed by atoms with Crippen molar-refractivity contribution in [3.05, 3.63) is 0 Å². The number of unbranched alkanes of at least 4 members (excludes halogenated alkanes) is 1. The van der Waals surface area contributed by atoms with Crippen LogP contribution in [0.4, 0.5) is 0 Å². The van der Waals surface area contributed by atoms with Gasteiger partial charge in [0.1, 0.15) is 0 Å². The van der Waals surface area contributed by atoms with Crippen LogP contribution in [0.2, 0.25) is 0 Å². The topological polar surface area (TPSA) is 66.4 Å². The molecule has 0 spiro atoms. The average Bonchev–Trinajstić information content (AvgIpc) is 2.03. The van der Waals surface area contributed by atoms with Gasteiger partial charge in [0, 0.05) is 0 Å². The molecule has 0 aromatic carbocycles. The van der Waals surface area contributed by atoms with E-state index >= 15 is 0 Å². The van der Waals surface area contributed by atoms with Crippen molar-refractivity contribution in [2.45, 2.75) is 39.5 Å².